The largest absolute Gasteiger partial charge is 0.480 e. The number of hydrogen-bond donors (Lipinski definition) is 3. The van der Waals surface area contributed by atoms with Crippen LogP contribution in [0.5, 0.6) is 0 Å². The van der Waals surface area contributed by atoms with E-state index in [2.05, 4.69) is 17.6 Å². The van der Waals surface area contributed by atoms with Crippen molar-refractivity contribution in [2.24, 2.45) is 5.92 Å². The Balaban J connectivity index is 1.77. The van der Waals surface area contributed by atoms with Crippen molar-refractivity contribution in [2.45, 2.75) is 64.3 Å². The van der Waals surface area contributed by atoms with Crippen molar-refractivity contribution in [1.29, 1.82) is 0 Å². The number of amides is 2. The van der Waals surface area contributed by atoms with Gasteiger partial charge in [0.25, 0.3) is 11.8 Å². The minimum Gasteiger partial charge on any atom is -0.480 e. The number of carboxylic acids is 1. The zero-order valence-corrected chi connectivity index (χ0v) is 17.0. The molecule has 1 saturated carbocycles. The fourth-order valence-corrected chi connectivity index (χ4v) is 5.43. The van der Waals surface area contributed by atoms with Crippen molar-refractivity contribution >= 4 is 34.1 Å². The molecule has 154 valence electrons. The van der Waals surface area contributed by atoms with Gasteiger partial charge < -0.3 is 20.5 Å². The van der Waals surface area contributed by atoms with E-state index in [9.17, 15) is 14.4 Å². The van der Waals surface area contributed by atoms with Crippen molar-refractivity contribution < 1.29 is 24.2 Å². The number of carbonyl (C=O) groups excluding carboxylic acids is 2. The van der Waals surface area contributed by atoms with E-state index in [4.69, 9.17) is 9.84 Å². The van der Waals surface area contributed by atoms with Crippen molar-refractivity contribution in [3.05, 3.63) is 16.0 Å². The van der Waals surface area contributed by atoms with Crippen LogP contribution in [0.1, 0.15) is 66.2 Å². The lowest BCUT2D eigenvalue weighted by atomic mass is 9.85. The van der Waals surface area contributed by atoms with E-state index in [0.29, 0.717) is 16.5 Å². The van der Waals surface area contributed by atoms with Gasteiger partial charge in [-0.05, 0) is 43.6 Å². The van der Waals surface area contributed by atoms with Gasteiger partial charge >= 0.3 is 5.97 Å². The molecular weight excluding hydrogens is 380 g/mol. The average Bonchev–Trinajstić information content (AvgIpc) is 3.27. The van der Waals surface area contributed by atoms with Crippen molar-refractivity contribution in [3.8, 4) is 0 Å². The quantitative estimate of drug-likeness (QED) is 0.613. The van der Waals surface area contributed by atoms with Crippen LogP contribution < -0.4 is 10.6 Å². The van der Waals surface area contributed by atoms with Crippen LogP contribution in [0, 0.1) is 5.92 Å². The monoisotopic (exact) mass is 408 g/mol. The highest BCUT2D eigenvalue weighted by molar-refractivity contribution is 7.17. The van der Waals surface area contributed by atoms with Crippen LogP contribution in [0.25, 0.3) is 0 Å². The number of fused-ring (bicyclic) bond motifs is 1. The maximum atomic E-state index is 13.0. The summed E-state index contributed by atoms with van der Waals surface area (Å²) in [5.74, 6) is -1.07. The molecule has 2 amide bonds. The van der Waals surface area contributed by atoms with Crippen LogP contribution >= 0.6 is 11.3 Å². The molecule has 3 rings (SSSR count). The number of carbonyl (C=O) groups is 3. The van der Waals surface area contributed by atoms with E-state index in [-0.39, 0.29) is 18.6 Å². The minimum atomic E-state index is -1.12. The summed E-state index contributed by atoms with van der Waals surface area (Å²) in [6.07, 6.45) is 8.21. The Morgan fingerprint density at radius 3 is 2.61 bits per heavy atom. The fraction of sp³-hybridized carbons (Fsp3) is 0.650. The summed E-state index contributed by atoms with van der Waals surface area (Å²) in [4.78, 5) is 36.9. The van der Waals surface area contributed by atoms with E-state index < -0.39 is 18.5 Å². The van der Waals surface area contributed by atoms with Gasteiger partial charge in [0.05, 0.1) is 5.56 Å². The van der Waals surface area contributed by atoms with Crippen molar-refractivity contribution in [2.75, 3.05) is 18.5 Å². The molecule has 1 aromatic rings. The van der Waals surface area contributed by atoms with E-state index in [1.807, 2.05) is 0 Å². The number of aliphatic carboxylic acids is 1. The van der Waals surface area contributed by atoms with Crippen LogP contribution in [0.15, 0.2) is 0 Å². The Morgan fingerprint density at radius 1 is 1.18 bits per heavy atom. The highest BCUT2D eigenvalue weighted by atomic mass is 32.1. The fourth-order valence-electron chi connectivity index (χ4n) is 4.05. The average molecular weight is 409 g/mol. The van der Waals surface area contributed by atoms with Crippen molar-refractivity contribution in [3.63, 3.8) is 0 Å². The number of carboxylic acid groups (broad SMARTS) is 1. The molecule has 0 aliphatic heterocycles. The number of ether oxygens (including phenoxy) is 1. The Labute approximate surface area is 168 Å². The Hall–Kier alpha value is -1.93. The first kappa shape index (κ1) is 20.8. The molecule has 2 aliphatic rings. The van der Waals surface area contributed by atoms with Gasteiger partial charge in [0.2, 0.25) is 0 Å². The second-order valence-corrected chi connectivity index (χ2v) is 8.72. The summed E-state index contributed by atoms with van der Waals surface area (Å²) >= 11 is 1.47. The molecule has 0 aromatic carbocycles. The predicted molar refractivity (Wildman–Crippen MR) is 107 cm³/mol. The lowest BCUT2D eigenvalue weighted by Crippen LogP contribution is -2.34. The van der Waals surface area contributed by atoms with Gasteiger partial charge in [-0.15, -0.1) is 11.3 Å². The van der Waals surface area contributed by atoms with E-state index in [0.717, 1.165) is 56.9 Å². The Morgan fingerprint density at radius 2 is 1.93 bits per heavy atom. The highest BCUT2D eigenvalue weighted by Gasteiger charge is 2.30. The SMILES string of the molecule is CC[C@@H]1CCc2c(sc(NC(=O)COCC(=O)O)c2C(=O)NC2CCCC2)C1. The van der Waals surface area contributed by atoms with E-state index >= 15 is 0 Å². The van der Waals surface area contributed by atoms with Crippen LogP contribution in [0.4, 0.5) is 5.00 Å². The summed E-state index contributed by atoms with van der Waals surface area (Å²) in [7, 11) is 0. The van der Waals surface area contributed by atoms with Gasteiger partial charge in [0.15, 0.2) is 0 Å². The number of thiophene rings is 1. The van der Waals surface area contributed by atoms with Gasteiger partial charge in [-0.2, -0.15) is 0 Å². The third kappa shape index (κ3) is 5.11. The van der Waals surface area contributed by atoms with Crippen LogP contribution in [-0.4, -0.2) is 42.1 Å². The molecule has 1 fully saturated rings. The normalized spacial score (nSPS) is 19.2. The first-order valence-electron chi connectivity index (χ1n) is 10.0. The maximum Gasteiger partial charge on any atom is 0.329 e. The molecule has 2 aliphatic carbocycles. The van der Waals surface area contributed by atoms with E-state index in [1.54, 1.807) is 0 Å². The summed E-state index contributed by atoms with van der Waals surface area (Å²) in [6, 6.07) is 0.206. The number of nitrogens with one attached hydrogen (secondary N) is 2. The number of hydrogen-bond acceptors (Lipinski definition) is 5. The van der Waals surface area contributed by atoms with Crippen LogP contribution in [-0.2, 0) is 27.2 Å². The third-order valence-electron chi connectivity index (χ3n) is 5.57. The van der Waals surface area contributed by atoms with Gasteiger partial charge in [0, 0.05) is 10.9 Å². The molecule has 0 saturated heterocycles. The molecule has 3 N–H and O–H groups in total. The summed E-state index contributed by atoms with van der Waals surface area (Å²) < 4.78 is 4.87. The molecule has 0 bridgehead atoms. The first-order chi connectivity index (χ1) is 13.5. The van der Waals surface area contributed by atoms with Crippen LogP contribution in [0.2, 0.25) is 0 Å². The second-order valence-electron chi connectivity index (χ2n) is 7.61. The molecule has 1 heterocycles. The zero-order valence-electron chi connectivity index (χ0n) is 16.2. The highest BCUT2D eigenvalue weighted by Crippen LogP contribution is 2.40. The predicted octanol–water partition coefficient (Wildman–Crippen LogP) is 2.98. The molecule has 8 heteroatoms. The molecule has 28 heavy (non-hydrogen) atoms. The lowest BCUT2D eigenvalue weighted by Gasteiger charge is -2.21. The maximum absolute atomic E-state index is 13.0. The van der Waals surface area contributed by atoms with Gasteiger partial charge in [-0.1, -0.05) is 26.2 Å². The summed E-state index contributed by atoms with van der Waals surface area (Å²) in [5, 5.41) is 15.1. The van der Waals surface area contributed by atoms with Gasteiger partial charge in [0.1, 0.15) is 18.2 Å². The summed E-state index contributed by atoms with van der Waals surface area (Å²) in [6.45, 7) is 1.30. The number of rotatable bonds is 8. The molecule has 0 spiro atoms. The van der Waals surface area contributed by atoms with Crippen LogP contribution in [0.3, 0.4) is 0 Å². The molecule has 1 aromatic heterocycles. The first-order valence-corrected chi connectivity index (χ1v) is 10.8. The number of anilines is 1. The topological polar surface area (TPSA) is 105 Å². The Bertz CT molecular complexity index is 739. The second kappa shape index (κ2) is 9.52. The third-order valence-corrected chi connectivity index (χ3v) is 6.74. The smallest absolute Gasteiger partial charge is 0.329 e. The Kier molecular flexibility index (Phi) is 7.07. The molecule has 1 atom stereocenters. The lowest BCUT2D eigenvalue weighted by molar-refractivity contribution is -0.143. The zero-order chi connectivity index (χ0) is 20.1. The van der Waals surface area contributed by atoms with Crippen molar-refractivity contribution in [1.82, 2.24) is 5.32 Å². The standard InChI is InChI=1S/C20H28N2O5S/c1-2-12-7-8-14-15(9-12)28-20(22-16(23)10-27-11-17(24)25)18(14)19(26)21-13-5-3-4-6-13/h12-13H,2-11H2,1H3,(H,21,26)(H,22,23)(H,24,25)/t12-/m1/s1. The van der Waals surface area contributed by atoms with Gasteiger partial charge in [-0.25, -0.2) is 4.79 Å². The summed E-state index contributed by atoms with van der Waals surface area (Å²) in [5.41, 5.74) is 1.65. The van der Waals surface area contributed by atoms with E-state index in [1.165, 1.54) is 16.2 Å². The molecule has 7 nitrogen and oxygen atoms in total. The minimum absolute atomic E-state index is 0.110. The van der Waals surface area contributed by atoms with Gasteiger partial charge in [-0.3, -0.25) is 9.59 Å². The molecule has 0 unspecified atom stereocenters. The molecular formula is C20H28N2O5S. The molecule has 0 radical (unpaired) electrons.